The summed E-state index contributed by atoms with van der Waals surface area (Å²) in [6.45, 7) is 3.89. The highest BCUT2D eigenvalue weighted by Crippen LogP contribution is 2.37. The van der Waals surface area contributed by atoms with E-state index in [1.54, 1.807) is 0 Å². The van der Waals surface area contributed by atoms with Gasteiger partial charge < -0.3 is 14.8 Å². The van der Waals surface area contributed by atoms with E-state index in [2.05, 4.69) is 45.8 Å². The van der Waals surface area contributed by atoms with Crippen LogP contribution in [0, 0.1) is 13.8 Å². The van der Waals surface area contributed by atoms with Crippen molar-refractivity contribution in [2.45, 2.75) is 77.0 Å². The van der Waals surface area contributed by atoms with Crippen LogP contribution in [-0.2, 0) is 17.6 Å². The Morgan fingerprint density at radius 1 is 1.09 bits per heavy atom. The van der Waals surface area contributed by atoms with Crippen molar-refractivity contribution in [1.29, 1.82) is 0 Å². The second-order valence-corrected chi connectivity index (χ2v) is 9.57. The molecule has 5 rings (SSSR count). The van der Waals surface area contributed by atoms with Gasteiger partial charge in [-0.1, -0.05) is 30.3 Å². The first-order chi connectivity index (χ1) is 16.5. The van der Waals surface area contributed by atoms with Crippen LogP contribution in [0.4, 0.5) is 0 Å². The molecule has 0 spiro atoms. The lowest BCUT2D eigenvalue weighted by Gasteiger charge is -2.30. The lowest BCUT2D eigenvalue weighted by atomic mass is 9.92. The predicted molar refractivity (Wildman–Crippen MR) is 131 cm³/mol. The minimum atomic E-state index is 0.0699. The van der Waals surface area contributed by atoms with Crippen molar-refractivity contribution in [2.24, 2.45) is 0 Å². The Morgan fingerprint density at radius 2 is 1.88 bits per heavy atom. The Morgan fingerprint density at radius 3 is 2.62 bits per heavy atom. The standard InChI is InChI=1S/C28H33N3O3/c1-18-25(19(2)31-30-18)17-28(32)29-22-9-11-23(12-10-22)33-24-13-15-27-21(16-24)8-14-26(34-27)20-6-4-3-5-7-20/h3-7,13,15-16,22-23,26H,8-12,14,17H2,1-2H3,(H,29,32)(H,30,31). The summed E-state index contributed by atoms with van der Waals surface area (Å²) in [5.74, 6) is 1.95. The molecular weight excluding hydrogens is 426 g/mol. The van der Waals surface area contributed by atoms with Gasteiger partial charge in [0.1, 0.15) is 17.6 Å². The van der Waals surface area contributed by atoms with E-state index in [-0.39, 0.29) is 24.2 Å². The Bertz CT molecular complexity index is 1110. The molecule has 1 aliphatic heterocycles. The van der Waals surface area contributed by atoms with Crippen molar-refractivity contribution in [2.75, 3.05) is 0 Å². The van der Waals surface area contributed by atoms with Crippen molar-refractivity contribution in [3.8, 4) is 11.5 Å². The van der Waals surface area contributed by atoms with Crippen molar-refractivity contribution in [1.82, 2.24) is 15.5 Å². The van der Waals surface area contributed by atoms with Crippen molar-refractivity contribution >= 4 is 5.91 Å². The second kappa shape index (κ2) is 9.92. The number of hydrogen-bond donors (Lipinski definition) is 2. The first-order valence-electron chi connectivity index (χ1n) is 12.4. The molecule has 2 N–H and O–H groups in total. The van der Waals surface area contributed by atoms with Gasteiger partial charge in [0.05, 0.1) is 18.2 Å². The van der Waals surface area contributed by atoms with Gasteiger partial charge in [0.25, 0.3) is 0 Å². The molecule has 0 bridgehead atoms. The molecule has 0 saturated heterocycles. The fraction of sp³-hybridized carbons (Fsp3) is 0.429. The monoisotopic (exact) mass is 459 g/mol. The number of benzene rings is 2. The number of ether oxygens (including phenoxy) is 2. The summed E-state index contributed by atoms with van der Waals surface area (Å²) >= 11 is 0. The number of aromatic amines is 1. The van der Waals surface area contributed by atoms with Gasteiger partial charge in [-0.25, -0.2) is 0 Å². The van der Waals surface area contributed by atoms with Crippen LogP contribution < -0.4 is 14.8 Å². The zero-order chi connectivity index (χ0) is 23.5. The van der Waals surface area contributed by atoms with Gasteiger partial charge in [-0.05, 0) is 81.7 Å². The average Bonchev–Trinajstić information content (AvgIpc) is 3.17. The van der Waals surface area contributed by atoms with Crippen LogP contribution in [0.1, 0.15) is 66.3 Å². The third-order valence-corrected chi connectivity index (χ3v) is 7.11. The van der Waals surface area contributed by atoms with Crippen LogP contribution in [0.5, 0.6) is 11.5 Å². The molecule has 1 unspecified atom stereocenters. The lowest BCUT2D eigenvalue weighted by Crippen LogP contribution is -2.40. The normalized spacial score (nSPS) is 21.9. The highest BCUT2D eigenvalue weighted by molar-refractivity contribution is 5.79. The molecule has 1 aliphatic carbocycles. The zero-order valence-corrected chi connectivity index (χ0v) is 20.0. The average molecular weight is 460 g/mol. The molecule has 34 heavy (non-hydrogen) atoms. The summed E-state index contributed by atoms with van der Waals surface area (Å²) in [5, 5.41) is 10.3. The summed E-state index contributed by atoms with van der Waals surface area (Å²) < 4.78 is 12.6. The minimum Gasteiger partial charge on any atom is -0.490 e. The van der Waals surface area contributed by atoms with Crippen LogP contribution in [0.15, 0.2) is 48.5 Å². The second-order valence-electron chi connectivity index (χ2n) is 9.57. The fourth-order valence-electron chi connectivity index (χ4n) is 5.13. The van der Waals surface area contributed by atoms with E-state index in [1.807, 2.05) is 32.0 Å². The van der Waals surface area contributed by atoms with Gasteiger partial charge in [0.15, 0.2) is 0 Å². The third-order valence-electron chi connectivity index (χ3n) is 7.11. The maximum Gasteiger partial charge on any atom is 0.224 e. The van der Waals surface area contributed by atoms with Crippen LogP contribution in [0.3, 0.4) is 0 Å². The molecule has 6 nitrogen and oxygen atoms in total. The number of aromatic nitrogens is 2. The molecule has 1 atom stereocenters. The SMILES string of the molecule is Cc1n[nH]c(C)c1CC(=O)NC1CCC(Oc2ccc3c(c2)CCC(c2ccccc2)O3)CC1. The third kappa shape index (κ3) is 5.11. The van der Waals surface area contributed by atoms with E-state index in [0.717, 1.165) is 67.0 Å². The zero-order valence-electron chi connectivity index (χ0n) is 20.0. The minimum absolute atomic E-state index is 0.0699. The highest BCUT2D eigenvalue weighted by atomic mass is 16.5. The van der Waals surface area contributed by atoms with Gasteiger partial charge in [-0.2, -0.15) is 5.10 Å². The van der Waals surface area contributed by atoms with Crippen molar-refractivity contribution in [3.05, 3.63) is 76.6 Å². The molecule has 1 saturated carbocycles. The van der Waals surface area contributed by atoms with Crippen LogP contribution in [-0.4, -0.2) is 28.3 Å². The molecule has 6 heteroatoms. The quantitative estimate of drug-likeness (QED) is 0.535. The van der Waals surface area contributed by atoms with Crippen molar-refractivity contribution < 1.29 is 14.3 Å². The van der Waals surface area contributed by atoms with E-state index in [1.165, 1.54) is 11.1 Å². The van der Waals surface area contributed by atoms with Gasteiger partial charge in [-0.15, -0.1) is 0 Å². The number of fused-ring (bicyclic) bond motifs is 1. The van der Waals surface area contributed by atoms with Gasteiger partial charge >= 0.3 is 0 Å². The first kappa shape index (κ1) is 22.5. The van der Waals surface area contributed by atoms with Gasteiger partial charge in [-0.3, -0.25) is 9.89 Å². The highest BCUT2D eigenvalue weighted by Gasteiger charge is 2.26. The molecule has 1 aromatic heterocycles. The number of rotatable bonds is 6. The molecule has 178 valence electrons. The maximum atomic E-state index is 12.5. The molecule has 1 fully saturated rings. The lowest BCUT2D eigenvalue weighted by molar-refractivity contribution is -0.121. The Hall–Kier alpha value is -3.28. The van der Waals surface area contributed by atoms with Crippen molar-refractivity contribution in [3.63, 3.8) is 0 Å². The first-order valence-corrected chi connectivity index (χ1v) is 12.4. The number of amides is 1. The van der Waals surface area contributed by atoms with Crippen LogP contribution >= 0.6 is 0 Å². The summed E-state index contributed by atoms with van der Waals surface area (Å²) in [6.07, 6.45) is 6.41. The summed E-state index contributed by atoms with van der Waals surface area (Å²) in [4.78, 5) is 12.5. The number of nitrogens with one attached hydrogen (secondary N) is 2. The summed E-state index contributed by atoms with van der Waals surface area (Å²) in [7, 11) is 0. The molecule has 2 aromatic carbocycles. The van der Waals surface area contributed by atoms with Crippen LogP contribution in [0.25, 0.3) is 0 Å². The van der Waals surface area contributed by atoms with E-state index in [4.69, 9.17) is 9.47 Å². The molecular formula is C28H33N3O3. The molecule has 2 heterocycles. The van der Waals surface area contributed by atoms with E-state index < -0.39 is 0 Å². The maximum absolute atomic E-state index is 12.5. The molecule has 0 radical (unpaired) electrons. The number of H-pyrrole nitrogens is 1. The van der Waals surface area contributed by atoms with E-state index in [9.17, 15) is 4.79 Å². The summed E-state index contributed by atoms with van der Waals surface area (Å²) in [5.41, 5.74) is 5.32. The topological polar surface area (TPSA) is 76.2 Å². The molecule has 1 amide bonds. The molecule has 2 aliphatic rings. The largest absolute Gasteiger partial charge is 0.490 e. The fourth-order valence-corrected chi connectivity index (χ4v) is 5.13. The van der Waals surface area contributed by atoms with Gasteiger partial charge in [0, 0.05) is 17.3 Å². The summed E-state index contributed by atoms with van der Waals surface area (Å²) in [6, 6.07) is 16.8. The smallest absolute Gasteiger partial charge is 0.224 e. The Kier molecular flexibility index (Phi) is 6.57. The number of nitrogens with zero attached hydrogens (tertiary/aromatic N) is 1. The van der Waals surface area contributed by atoms with E-state index >= 15 is 0 Å². The Labute approximate surface area is 201 Å². The number of hydrogen-bond acceptors (Lipinski definition) is 4. The number of carbonyl (C=O) groups excluding carboxylic acids is 1. The Balaban J connectivity index is 1.10. The van der Waals surface area contributed by atoms with Crippen LogP contribution in [0.2, 0.25) is 0 Å². The predicted octanol–water partition coefficient (Wildman–Crippen LogP) is 5.14. The van der Waals surface area contributed by atoms with Gasteiger partial charge in [0.2, 0.25) is 5.91 Å². The van der Waals surface area contributed by atoms with E-state index in [0.29, 0.717) is 6.42 Å². The molecule has 3 aromatic rings. The number of aryl methyl sites for hydroxylation is 3. The number of carbonyl (C=O) groups is 1.